The van der Waals surface area contributed by atoms with Gasteiger partial charge in [-0.3, -0.25) is 9.59 Å². The van der Waals surface area contributed by atoms with Gasteiger partial charge in [0, 0.05) is 17.6 Å². The average Bonchev–Trinajstić information content (AvgIpc) is 3.34. The Morgan fingerprint density at radius 2 is 1.96 bits per heavy atom. The maximum absolute atomic E-state index is 13.0. The number of nitrogens with one attached hydrogen (secondary N) is 1. The molecule has 5 nitrogen and oxygen atoms in total. The average molecular weight is 365 g/mol. The third-order valence-corrected chi connectivity index (χ3v) is 5.45. The zero-order valence-corrected chi connectivity index (χ0v) is 15.0. The first-order chi connectivity index (χ1) is 12.7. The van der Waals surface area contributed by atoms with E-state index in [2.05, 4.69) is 5.32 Å². The molecule has 1 atom stereocenters. The van der Waals surface area contributed by atoms with E-state index in [0.29, 0.717) is 25.3 Å². The van der Waals surface area contributed by atoms with Gasteiger partial charge in [-0.15, -0.1) is 11.3 Å². The summed E-state index contributed by atoms with van der Waals surface area (Å²) in [6, 6.07) is 16.9. The molecular formula is C20H19N3O2S. The van der Waals surface area contributed by atoms with Crippen molar-refractivity contribution in [2.45, 2.75) is 25.7 Å². The number of rotatable bonds is 5. The Morgan fingerprint density at radius 1 is 1.12 bits per heavy atom. The second-order valence-corrected chi connectivity index (χ2v) is 7.31. The van der Waals surface area contributed by atoms with Crippen molar-refractivity contribution in [3.63, 3.8) is 0 Å². The van der Waals surface area contributed by atoms with E-state index in [1.54, 1.807) is 22.3 Å². The van der Waals surface area contributed by atoms with Crippen LogP contribution in [0.3, 0.4) is 0 Å². The third-order valence-electron chi connectivity index (χ3n) is 4.57. The summed E-state index contributed by atoms with van der Waals surface area (Å²) in [6.45, 7) is 1.37. The number of thiophene rings is 1. The minimum atomic E-state index is -0.525. The zero-order chi connectivity index (χ0) is 17.9. The summed E-state index contributed by atoms with van der Waals surface area (Å²) in [6.07, 6.45) is 1.85. The topological polar surface area (TPSA) is 54.3 Å². The molecule has 0 bridgehead atoms. The Bertz CT molecular complexity index is 902. The standard InChI is InChI=1S/C20H19N3O2S/c24-19(21-12-16-8-5-11-26-16)18-14-22-10-4-9-17(22)20(25)23(18)13-15-6-2-1-3-7-15/h1-11,18H,12-14H2,(H,21,24). The minimum absolute atomic E-state index is 0.110. The van der Waals surface area contributed by atoms with Gasteiger partial charge < -0.3 is 14.8 Å². The fraction of sp³-hybridized carbons (Fsp3) is 0.200. The monoisotopic (exact) mass is 365 g/mol. The summed E-state index contributed by atoms with van der Waals surface area (Å²) < 4.78 is 1.86. The highest BCUT2D eigenvalue weighted by molar-refractivity contribution is 7.09. The largest absolute Gasteiger partial charge is 0.349 e. The summed E-state index contributed by atoms with van der Waals surface area (Å²) in [5, 5.41) is 4.96. The Hall–Kier alpha value is -2.86. The van der Waals surface area contributed by atoms with Crippen molar-refractivity contribution in [2.75, 3.05) is 0 Å². The van der Waals surface area contributed by atoms with Crippen molar-refractivity contribution < 1.29 is 9.59 Å². The van der Waals surface area contributed by atoms with Gasteiger partial charge in [0.15, 0.2) is 0 Å². The molecule has 0 saturated heterocycles. The van der Waals surface area contributed by atoms with Gasteiger partial charge in [0.05, 0.1) is 13.1 Å². The van der Waals surface area contributed by atoms with Gasteiger partial charge in [-0.1, -0.05) is 36.4 Å². The molecule has 0 aliphatic carbocycles. The third kappa shape index (κ3) is 3.28. The second kappa shape index (κ2) is 7.17. The molecular weight excluding hydrogens is 346 g/mol. The number of benzene rings is 1. The van der Waals surface area contributed by atoms with Crippen LogP contribution < -0.4 is 5.32 Å². The highest BCUT2D eigenvalue weighted by Gasteiger charge is 2.36. The fourth-order valence-corrected chi connectivity index (χ4v) is 3.88. The van der Waals surface area contributed by atoms with Crippen LogP contribution in [0.5, 0.6) is 0 Å². The predicted octanol–water partition coefficient (Wildman–Crippen LogP) is 2.89. The molecule has 1 aliphatic rings. The van der Waals surface area contributed by atoms with E-state index in [1.807, 2.05) is 64.7 Å². The van der Waals surface area contributed by atoms with Gasteiger partial charge >= 0.3 is 0 Å². The lowest BCUT2D eigenvalue weighted by Gasteiger charge is -2.35. The van der Waals surface area contributed by atoms with Gasteiger partial charge in [-0.2, -0.15) is 0 Å². The Labute approximate surface area is 155 Å². The molecule has 132 valence electrons. The number of carbonyl (C=O) groups excluding carboxylic acids is 2. The van der Waals surface area contributed by atoms with Crippen LogP contribution in [-0.2, 0) is 24.4 Å². The van der Waals surface area contributed by atoms with Crippen molar-refractivity contribution in [3.8, 4) is 0 Å². The maximum atomic E-state index is 13.0. The van der Waals surface area contributed by atoms with Crippen LogP contribution in [0.4, 0.5) is 0 Å². The molecule has 4 rings (SSSR count). The van der Waals surface area contributed by atoms with Gasteiger partial charge in [0.25, 0.3) is 5.91 Å². The smallest absolute Gasteiger partial charge is 0.271 e. The quantitative estimate of drug-likeness (QED) is 0.756. The van der Waals surface area contributed by atoms with Crippen molar-refractivity contribution in [1.29, 1.82) is 0 Å². The van der Waals surface area contributed by atoms with Gasteiger partial charge in [-0.05, 0) is 29.1 Å². The number of aromatic nitrogens is 1. The van der Waals surface area contributed by atoms with E-state index in [1.165, 1.54) is 0 Å². The van der Waals surface area contributed by atoms with Crippen molar-refractivity contribution in [3.05, 3.63) is 82.3 Å². The number of hydrogen-bond acceptors (Lipinski definition) is 3. The lowest BCUT2D eigenvalue weighted by atomic mass is 10.1. The molecule has 1 aromatic carbocycles. The summed E-state index contributed by atoms with van der Waals surface area (Å²) in [7, 11) is 0. The van der Waals surface area contributed by atoms with Crippen LogP contribution in [-0.4, -0.2) is 27.3 Å². The van der Waals surface area contributed by atoms with E-state index in [9.17, 15) is 9.59 Å². The van der Waals surface area contributed by atoms with E-state index in [-0.39, 0.29) is 11.8 Å². The zero-order valence-electron chi connectivity index (χ0n) is 14.2. The van der Waals surface area contributed by atoms with Crippen LogP contribution in [0.25, 0.3) is 0 Å². The molecule has 0 radical (unpaired) electrons. The van der Waals surface area contributed by atoms with E-state index in [4.69, 9.17) is 0 Å². The van der Waals surface area contributed by atoms with E-state index in [0.717, 1.165) is 10.4 Å². The Kier molecular flexibility index (Phi) is 4.58. The lowest BCUT2D eigenvalue weighted by Crippen LogP contribution is -2.54. The molecule has 2 amide bonds. The van der Waals surface area contributed by atoms with Gasteiger partial charge in [0.1, 0.15) is 11.7 Å². The summed E-state index contributed by atoms with van der Waals surface area (Å²) in [5.41, 5.74) is 1.64. The van der Waals surface area contributed by atoms with Crippen LogP contribution >= 0.6 is 11.3 Å². The van der Waals surface area contributed by atoms with E-state index >= 15 is 0 Å². The molecule has 6 heteroatoms. The van der Waals surface area contributed by atoms with Crippen LogP contribution in [0.1, 0.15) is 20.9 Å². The fourth-order valence-electron chi connectivity index (χ4n) is 3.23. The highest BCUT2D eigenvalue weighted by atomic mass is 32.1. The van der Waals surface area contributed by atoms with Crippen LogP contribution in [0, 0.1) is 0 Å². The summed E-state index contributed by atoms with van der Waals surface area (Å²) in [5.74, 6) is -0.233. The molecule has 26 heavy (non-hydrogen) atoms. The Balaban J connectivity index is 1.57. The second-order valence-electron chi connectivity index (χ2n) is 6.28. The number of hydrogen-bond donors (Lipinski definition) is 1. The molecule has 0 spiro atoms. The molecule has 1 unspecified atom stereocenters. The number of amides is 2. The molecule has 1 N–H and O–H groups in total. The summed E-state index contributed by atoms with van der Waals surface area (Å²) >= 11 is 1.61. The van der Waals surface area contributed by atoms with Crippen molar-refractivity contribution >= 4 is 23.2 Å². The normalized spacial score (nSPS) is 16.4. The minimum Gasteiger partial charge on any atom is -0.349 e. The molecule has 2 aromatic heterocycles. The van der Waals surface area contributed by atoms with E-state index < -0.39 is 6.04 Å². The lowest BCUT2D eigenvalue weighted by molar-refractivity contribution is -0.126. The number of carbonyl (C=O) groups is 2. The SMILES string of the molecule is O=C(NCc1cccs1)C1Cn2cccc2C(=O)N1Cc1ccccc1. The molecule has 0 fully saturated rings. The predicted molar refractivity (Wildman–Crippen MR) is 101 cm³/mol. The highest BCUT2D eigenvalue weighted by Crippen LogP contribution is 2.21. The van der Waals surface area contributed by atoms with Crippen LogP contribution in [0.15, 0.2) is 66.2 Å². The molecule has 3 heterocycles. The maximum Gasteiger partial charge on any atom is 0.271 e. The van der Waals surface area contributed by atoms with Gasteiger partial charge in [0.2, 0.25) is 5.91 Å². The van der Waals surface area contributed by atoms with Crippen LogP contribution in [0.2, 0.25) is 0 Å². The molecule has 1 aliphatic heterocycles. The number of fused-ring (bicyclic) bond motifs is 1. The van der Waals surface area contributed by atoms with Crippen molar-refractivity contribution in [2.24, 2.45) is 0 Å². The molecule has 3 aromatic rings. The summed E-state index contributed by atoms with van der Waals surface area (Å²) in [4.78, 5) is 28.6. The number of nitrogens with zero attached hydrogens (tertiary/aromatic N) is 2. The van der Waals surface area contributed by atoms with Crippen molar-refractivity contribution in [1.82, 2.24) is 14.8 Å². The van der Waals surface area contributed by atoms with Gasteiger partial charge in [-0.25, -0.2) is 0 Å². The first-order valence-corrected chi connectivity index (χ1v) is 9.40. The first-order valence-electron chi connectivity index (χ1n) is 8.52. The molecule has 0 saturated carbocycles. The first kappa shape index (κ1) is 16.6. The Morgan fingerprint density at radius 3 is 2.73 bits per heavy atom.